The van der Waals surface area contributed by atoms with Crippen LogP contribution in [0.5, 0.6) is 5.75 Å². The highest BCUT2D eigenvalue weighted by Crippen LogP contribution is 2.26. The SMILES string of the molecule is CCCCOc1cc(Br)cc(C(C)CF)c1. The number of rotatable bonds is 6. The summed E-state index contributed by atoms with van der Waals surface area (Å²) in [5, 5.41) is 0. The van der Waals surface area contributed by atoms with Crippen LogP contribution in [0.25, 0.3) is 0 Å². The molecule has 0 spiro atoms. The molecule has 0 bridgehead atoms. The Morgan fingerprint density at radius 2 is 2.12 bits per heavy atom. The van der Waals surface area contributed by atoms with Gasteiger partial charge in [0, 0.05) is 10.4 Å². The molecule has 1 atom stereocenters. The van der Waals surface area contributed by atoms with E-state index >= 15 is 0 Å². The van der Waals surface area contributed by atoms with Crippen LogP contribution in [0.1, 0.15) is 38.2 Å². The Kier molecular flexibility index (Phi) is 5.81. The second-order valence-electron chi connectivity index (χ2n) is 3.98. The van der Waals surface area contributed by atoms with E-state index in [4.69, 9.17) is 4.74 Å². The standard InChI is InChI=1S/C13H18BrFO/c1-3-4-5-16-13-7-11(10(2)9-15)6-12(14)8-13/h6-8,10H,3-5,9H2,1-2H3. The summed E-state index contributed by atoms with van der Waals surface area (Å²) in [6.07, 6.45) is 2.16. The van der Waals surface area contributed by atoms with Gasteiger partial charge in [0.05, 0.1) is 13.3 Å². The van der Waals surface area contributed by atoms with Gasteiger partial charge in [0.15, 0.2) is 0 Å². The predicted molar refractivity (Wildman–Crippen MR) is 68.9 cm³/mol. The maximum atomic E-state index is 12.6. The van der Waals surface area contributed by atoms with Gasteiger partial charge in [-0.15, -0.1) is 0 Å². The number of hydrogen-bond donors (Lipinski definition) is 0. The molecule has 1 aromatic carbocycles. The molecule has 3 heteroatoms. The van der Waals surface area contributed by atoms with Crippen LogP contribution >= 0.6 is 15.9 Å². The molecular formula is C13H18BrFO. The molecule has 1 unspecified atom stereocenters. The average molecular weight is 289 g/mol. The Morgan fingerprint density at radius 1 is 1.38 bits per heavy atom. The quantitative estimate of drug-likeness (QED) is 0.690. The number of halogens is 2. The molecule has 0 amide bonds. The van der Waals surface area contributed by atoms with Crippen LogP contribution < -0.4 is 4.74 Å². The van der Waals surface area contributed by atoms with Crippen molar-refractivity contribution in [2.24, 2.45) is 0 Å². The highest BCUT2D eigenvalue weighted by atomic mass is 79.9. The number of unbranched alkanes of at least 4 members (excludes halogenated alkanes) is 1. The van der Waals surface area contributed by atoms with Crippen molar-refractivity contribution in [2.75, 3.05) is 13.3 Å². The van der Waals surface area contributed by atoms with Gasteiger partial charge in [0.2, 0.25) is 0 Å². The van der Waals surface area contributed by atoms with Crippen molar-refractivity contribution in [2.45, 2.75) is 32.6 Å². The van der Waals surface area contributed by atoms with Crippen molar-refractivity contribution in [1.29, 1.82) is 0 Å². The summed E-state index contributed by atoms with van der Waals surface area (Å²) < 4.78 is 19.1. The van der Waals surface area contributed by atoms with Gasteiger partial charge in [-0.2, -0.15) is 0 Å². The van der Waals surface area contributed by atoms with Crippen molar-refractivity contribution in [3.05, 3.63) is 28.2 Å². The fraction of sp³-hybridized carbons (Fsp3) is 0.538. The smallest absolute Gasteiger partial charge is 0.120 e. The van der Waals surface area contributed by atoms with Gasteiger partial charge in [-0.05, 0) is 30.2 Å². The van der Waals surface area contributed by atoms with E-state index < -0.39 is 0 Å². The monoisotopic (exact) mass is 288 g/mol. The highest BCUT2D eigenvalue weighted by molar-refractivity contribution is 9.10. The first kappa shape index (κ1) is 13.5. The van der Waals surface area contributed by atoms with Gasteiger partial charge >= 0.3 is 0 Å². The van der Waals surface area contributed by atoms with E-state index in [9.17, 15) is 4.39 Å². The fourth-order valence-electron chi connectivity index (χ4n) is 1.38. The molecule has 0 fully saturated rings. The average Bonchev–Trinajstić information content (AvgIpc) is 2.27. The summed E-state index contributed by atoms with van der Waals surface area (Å²) >= 11 is 3.42. The maximum absolute atomic E-state index is 12.6. The number of ether oxygens (including phenoxy) is 1. The molecule has 0 aliphatic heterocycles. The van der Waals surface area contributed by atoms with Crippen molar-refractivity contribution in [1.82, 2.24) is 0 Å². The third-order valence-corrected chi connectivity index (χ3v) is 2.92. The molecule has 0 aliphatic rings. The van der Waals surface area contributed by atoms with E-state index in [1.807, 2.05) is 25.1 Å². The van der Waals surface area contributed by atoms with Gasteiger partial charge < -0.3 is 4.74 Å². The van der Waals surface area contributed by atoms with E-state index in [2.05, 4.69) is 22.9 Å². The lowest BCUT2D eigenvalue weighted by molar-refractivity contribution is 0.308. The first-order chi connectivity index (χ1) is 7.67. The molecule has 0 aromatic heterocycles. The van der Waals surface area contributed by atoms with Crippen molar-refractivity contribution >= 4 is 15.9 Å². The minimum Gasteiger partial charge on any atom is -0.494 e. The van der Waals surface area contributed by atoms with Crippen molar-refractivity contribution < 1.29 is 9.13 Å². The van der Waals surface area contributed by atoms with Crippen LogP contribution in [0.4, 0.5) is 4.39 Å². The lowest BCUT2D eigenvalue weighted by atomic mass is 10.0. The van der Waals surface area contributed by atoms with E-state index in [1.165, 1.54) is 0 Å². The third kappa shape index (κ3) is 4.12. The molecule has 90 valence electrons. The molecule has 1 rings (SSSR count). The van der Waals surface area contributed by atoms with Crippen LogP contribution in [-0.2, 0) is 0 Å². The first-order valence-corrected chi connectivity index (χ1v) is 6.46. The predicted octanol–water partition coefficient (Wildman–Crippen LogP) is 4.70. The van der Waals surface area contributed by atoms with Crippen LogP contribution in [-0.4, -0.2) is 13.3 Å². The molecule has 0 N–H and O–H groups in total. The topological polar surface area (TPSA) is 9.23 Å². The largest absolute Gasteiger partial charge is 0.494 e. The van der Waals surface area contributed by atoms with E-state index in [-0.39, 0.29) is 12.6 Å². The zero-order valence-electron chi connectivity index (χ0n) is 9.80. The Balaban J connectivity index is 2.73. The molecule has 0 saturated heterocycles. The molecule has 0 radical (unpaired) electrons. The van der Waals surface area contributed by atoms with Gasteiger partial charge in [0.25, 0.3) is 0 Å². The Labute approximate surface area is 105 Å². The summed E-state index contributed by atoms with van der Waals surface area (Å²) in [7, 11) is 0. The van der Waals surface area contributed by atoms with Gasteiger partial charge in [-0.25, -0.2) is 0 Å². The van der Waals surface area contributed by atoms with Crippen LogP contribution in [0, 0.1) is 0 Å². The Morgan fingerprint density at radius 3 is 2.75 bits per heavy atom. The second kappa shape index (κ2) is 6.89. The normalized spacial score (nSPS) is 12.5. The van der Waals surface area contributed by atoms with E-state index in [0.29, 0.717) is 0 Å². The summed E-state index contributed by atoms with van der Waals surface area (Å²) in [6.45, 7) is 4.37. The Bertz CT molecular complexity index is 328. The van der Waals surface area contributed by atoms with E-state index in [1.54, 1.807) is 0 Å². The molecule has 1 nitrogen and oxygen atoms in total. The minimum atomic E-state index is -0.342. The highest BCUT2D eigenvalue weighted by Gasteiger charge is 2.07. The van der Waals surface area contributed by atoms with Crippen LogP contribution in [0.2, 0.25) is 0 Å². The zero-order chi connectivity index (χ0) is 12.0. The lowest BCUT2D eigenvalue weighted by Gasteiger charge is -2.11. The van der Waals surface area contributed by atoms with Crippen molar-refractivity contribution in [3.63, 3.8) is 0 Å². The molecular weight excluding hydrogens is 271 g/mol. The Hall–Kier alpha value is -0.570. The number of alkyl halides is 1. The number of hydrogen-bond acceptors (Lipinski definition) is 1. The summed E-state index contributed by atoms with van der Waals surface area (Å²) in [5.74, 6) is 0.740. The van der Waals surface area contributed by atoms with E-state index in [0.717, 1.165) is 35.2 Å². The third-order valence-electron chi connectivity index (χ3n) is 2.46. The molecule has 0 saturated carbocycles. The molecule has 0 aliphatic carbocycles. The number of benzene rings is 1. The minimum absolute atomic E-state index is 0.0778. The zero-order valence-corrected chi connectivity index (χ0v) is 11.4. The summed E-state index contributed by atoms with van der Waals surface area (Å²) in [4.78, 5) is 0. The second-order valence-corrected chi connectivity index (χ2v) is 4.89. The maximum Gasteiger partial charge on any atom is 0.120 e. The van der Waals surface area contributed by atoms with Crippen LogP contribution in [0.15, 0.2) is 22.7 Å². The fourth-order valence-corrected chi connectivity index (χ4v) is 1.87. The van der Waals surface area contributed by atoms with Gasteiger partial charge in [-0.1, -0.05) is 36.2 Å². The lowest BCUT2D eigenvalue weighted by Crippen LogP contribution is -2.00. The van der Waals surface area contributed by atoms with Gasteiger partial charge in [-0.3, -0.25) is 4.39 Å². The van der Waals surface area contributed by atoms with Crippen molar-refractivity contribution in [3.8, 4) is 5.75 Å². The summed E-state index contributed by atoms with van der Waals surface area (Å²) in [5.41, 5.74) is 0.975. The summed E-state index contributed by atoms with van der Waals surface area (Å²) in [6, 6.07) is 5.78. The first-order valence-electron chi connectivity index (χ1n) is 5.66. The van der Waals surface area contributed by atoms with Crippen LogP contribution in [0.3, 0.4) is 0 Å². The van der Waals surface area contributed by atoms with Gasteiger partial charge in [0.1, 0.15) is 5.75 Å². The molecule has 1 aromatic rings. The molecule has 16 heavy (non-hydrogen) atoms. The molecule has 0 heterocycles.